The summed E-state index contributed by atoms with van der Waals surface area (Å²) in [7, 11) is 1.40. The van der Waals surface area contributed by atoms with Gasteiger partial charge in [0.15, 0.2) is 0 Å². The molecule has 0 aliphatic heterocycles. The minimum absolute atomic E-state index is 0.0676. The first-order valence-electron chi connectivity index (χ1n) is 7.63. The fourth-order valence-corrected chi connectivity index (χ4v) is 4.34. The van der Waals surface area contributed by atoms with E-state index in [-0.39, 0.29) is 22.8 Å². The lowest BCUT2D eigenvalue weighted by molar-refractivity contribution is -0.351. The Morgan fingerprint density at radius 2 is 2.00 bits per heavy atom. The molecule has 1 heterocycles. The average Bonchev–Trinajstić information content (AvgIpc) is 2.77. The standard InChI is InChI=1S/C15H17F3N2O3/c1-22-12(21)13-6-14(7-13,8-13)20-5-10(4-19-20)9-2-11(3-9)23-15(16,17)18/h4-5,9,11H,2-3,6-8H2,1H3. The number of rotatable bonds is 4. The van der Waals surface area contributed by atoms with E-state index in [9.17, 15) is 18.0 Å². The zero-order valence-corrected chi connectivity index (χ0v) is 12.6. The van der Waals surface area contributed by atoms with Crippen molar-refractivity contribution in [3.8, 4) is 0 Å². The van der Waals surface area contributed by atoms with Crippen molar-refractivity contribution >= 4 is 5.97 Å². The smallest absolute Gasteiger partial charge is 0.469 e. The van der Waals surface area contributed by atoms with Gasteiger partial charge < -0.3 is 4.74 Å². The lowest BCUT2D eigenvalue weighted by atomic mass is 9.39. The topological polar surface area (TPSA) is 53.4 Å². The second-order valence-electron chi connectivity index (χ2n) is 7.10. The van der Waals surface area contributed by atoms with E-state index >= 15 is 0 Å². The first kappa shape index (κ1) is 15.0. The van der Waals surface area contributed by atoms with Crippen LogP contribution in [0.2, 0.25) is 0 Å². The van der Waals surface area contributed by atoms with Crippen LogP contribution in [0.5, 0.6) is 0 Å². The van der Waals surface area contributed by atoms with E-state index in [2.05, 4.69) is 9.84 Å². The number of carbonyl (C=O) groups is 1. The molecular weight excluding hydrogens is 313 g/mol. The van der Waals surface area contributed by atoms with Crippen LogP contribution in [0.1, 0.15) is 43.6 Å². The molecule has 126 valence electrons. The third-order valence-electron chi connectivity index (χ3n) is 5.58. The van der Waals surface area contributed by atoms with Crippen molar-refractivity contribution in [2.24, 2.45) is 5.41 Å². The number of ether oxygens (including phenoxy) is 2. The van der Waals surface area contributed by atoms with Crippen LogP contribution < -0.4 is 0 Å². The normalized spacial score (nSPS) is 38.3. The largest absolute Gasteiger partial charge is 0.522 e. The molecule has 5 nitrogen and oxygen atoms in total. The zero-order valence-electron chi connectivity index (χ0n) is 12.6. The zero-order chi connectivity index (χ0) is 16.5. The highest BCUT2D eigenvalue weighted by molar-refractivity contribution is 5.81. The molecular formula is C15H17F3N2O3. The molecule has 1 aromatic rings. The number of halogens is 3. The van der Waals surface area contributed by atoms with E-state index in [1.165, 1.54) is 7.11 Å². The fraction of sp³-hybridized carbons (Fsp3) is 0.733. The summed E-state index contributed by atoms with van der Waals surface area (Å²) in [6.45, 7) is 0. The SMILES string of the molecule is COC(=O)C12CC(n3cc(C4CC(OC(F)(F)F)C4)cn3)(C1)C2. The molecule has 4 saturated carbocycles. The van der Waals surface area contributed by atoms with Crippen molar-refractivity contribution < 1.29 is 27.4 Å². The summed E-state index contributed by atoms with van der Waals surface area (Å²) < 4.78 is 47.1. The second-order valence-corrected chi connectivity index (χ2v) is 7.10. The first-order valence-corrected chi connectivity index (χ1v) is 7.63. The van der Waals surface area contributed by atoms with Crippen molar-refractivity contribution in [2.45, 2.75) is 56.0 Å². The minimum atomic E-state index is -4.56. The summed E-state index contributed by atoms with van der Waals surface area (Å²) in [4.78, 5) is 11.7. The highest BCUT2D eigenvalue weighted by Crippen LogP contribution is 2.71. The summed E-state index contributed by atoms with van der Waals surface area (Å²) in [5, 5.41) is 4.37. The van der Waals surface area contributed by atoms with Gasteiger partial charge in [-0.05, 0) is 43.6 Å². The van der Waals surface area contributed by atoms with Gasteiger partial charge in [-0.2, -0.15) is 5.10 Å². The molecule has 5 rings (SSSR count). The Hall–Kier alpha value is -1.57. The molecule has 0 saturated heterocycles. The highest BCUT2D eigenvalue weighted by atomic mass is 19.4. The Bertz CT molecular complexity index is 629. The van der Waals surface area contributed by atoms with Gasteiger partial charge in [-0.15, -0.1) is 13.2 Å². The minimum Gasteiger partial charge on any atom is -0.469 e. The lowest BCUT2D eigenvalue weighted by Gasteiger charge is -2.67. The summed E-state index contributed by atoms with van der Waals surface area (Å²) >= 11 is 0. The first-order chi connectivity index (χ1) is 10.8. The quantitative estimate of drug-likeness (QED) is 0.797. The Labute approximate surface area is 130 Å². The molecule has 1 aromatic heterocycles. The van der Waals surface area contributed by atoms with Crippen LogP contribution in [-0.4, -0.2) is 35.3 Å². The molecule has 0 unspecified atom stereocenters. The summed E-state index contributed by atoms with van der Waals surface area (Å²) in [6, 6.07) is 0. The van der Waals surface area contributed by atoms with Crippen LogP contribution in [0.4, 0.5) is 13.2 Å². The van der Waals surface area contributed by atoms with Gasteiger partial charge in [-0.1, -0.05) is 0 Å². The van der Waals surface area contributed by atoms with E-state index in [1.54, 1.807) is 6.20 Å². The summed E-state index contributed by atoms with van der Waals surface area (Å²) in [6.07, 6.45) is 1.26. The van der Waals surface area contributed by atoms with Crippen LogP contribution in [0.15, 0.2) is 12.4 Å². The Kier molecular flexibility index (Phi) is 2.93. The summed E-state index contributed by atoms with van der Waals surface area (Å²) in [5.74, 6) is -0.0871. The molecule has 23 heavy (non-hydrogen) atoms. The number of alkyl halides is 3. The van der Waals surface area contributed by atoms with Crippen LogP contribution in [-0.2, 0) is 19.8 Å². The lowest BCUT2D eigenvalue weighted by Crippen LogP contribution is -2.71. The van der Waals surface area contributed by atoms with E-state index in [0.29, 0.717) is 12.8 Å². The van der Waals surface area contributed by atoms with Crippen LogP contribution in [0.25, 0.3) is 0 Å². The third-order valence-corrected chi connectivity index (χ3v) is 5.58. The van der Waals surface area contributed by atoms with E-state index < -0.39 is 12.5 Å². The Morgan fingerprint density at radius 1 is 1.35 bits per heavy atom. The molecule has 4 fully saturated rings. The number of esters is 1. The summed E-state index contributed by atoms with van der Waals surface area (Å²) in [5.41, 5.74) is 0.518. The monoisotopic (exact) mass is 330 g/mol. The van der Waals surface area contributed by atoms with Crippen molar-refractivity contribution in [1.29, 1.82) is 0 Å². The number of aromatic nitrogens is 2. The molecule has 0 aromatic carbocycles. The van der Waals surface area contributed by atoms with Gasteiger partial charge in [0.2, 0.25) is 0 Å². The van der Waals surface area contributed by atoms with Crippen molar-refractivity contribution in [1.82, 2.24) is 9.78 Å². The van der Waals surface area contributed by atoms with Crippen LogP contribution in [0, 0.1) is 5.41 Å². The molecule has 8 heteroatoms. The fourth-order valence-electron chi connectivity index (χ4n) is 4.34. The van der Waals surface area contributed by atoms with Crippen LogP contribution in [0.3, 0.4) is 0 Å². The molecule has 0 N–H and O–H groups in total. The number of methoxy groups -OCH3 is 1. The molecule has 4 aliphatic rings. The van der Waals surface area contributed by atoms with Gasteiger partial charge in [-0.25, -0.2) is 0 Å². The molecule has 2 bridgehead atoms. The van der Waals surface area contributed by atoms with Gasteiger partial charge >= 0.3 is 12.3 Å². The van der Waals surface area contributed by atoms with Gasteiger partial charge in [0.05, 0.1) is 30.4 Å². The maximum atomic E-state index is 12.1. The maximum Gasteiger partial charge on any atom is 0.522 e. The predicted molar refractivity (Wildman–Crippen MR) is 71.4 cm³/mol. The highest BCUT2D eigenvalue weighted by Gasteiger charge is 2.74. The van der Waals surface area contributed by atoms with Crippen molar-refractivity contribution in [2.75, 3.05) is 7.11 Å². The number of hydrogen-bond acceptors (Lipinski definition) is 4. The third kappa shape index (κ3) is 2.18. The average molecular weight is 330 g/mol. The molecule has 4 aliphatic carbocycles. The van der Waals surface area contributed by atoms with Crippen molar-refractivity contribution in [3.05, 3.63) is 18.0 Å². The van der Waals surface area contributed by atoms with Gasteiger partial charge in [0, 0.05) is 6.20 Å². The van der Waals surface area contributed by atoms with Gasteiger partial charge in [0.1, 0.15) is 0 Å². The van der Waals surface area contributed by atoms with E-state index in [4.69, 9.17) is 4.74 Å². The second kappa shape index (κ2) is 4.49. The Balaban J connectivity index is 1.35. The van der Waals surface area contributed by atoms with E-state index in [1.807, 2.05) is 10.9 Å². The molecule has 0 radical (unpaired) electrons. The van der Waals surface area contributed by atoms with Crippen LogP contribution >= 0.6 is 0 Å². The molecule has 0 amide bonds. The number of nitrogens with zero attached hydrogens (tertiary/aromatic N) is 2. The molecule has 0 atom stereocenters. The van der Waals surface area contributed by atoms with Gasteiger partial charge in [0.25, 0.3) is 0 Å². The number of hydrogen-bond donors (Lipinski definition) is 0. The van der Waals surface area contributed by atoms with Gasteiger partial charge in [-0.3, -0.25) is 14.2 Å². The predicted octanol–water partition coefficient (Wildman–Crippen LogP) is 2.72. The van der Waals surface area contributed by atoms with Crippen molar-refractivity contribution in [3.63, 3.8) is 0 Å². The van der Waals surface area contributed by atoms with E-state index in [0.717, 1.165) is 24.8 Å². The molecule has 0 spiro atoms. The maximum absolute atomic E-state index is 12.1. The Morgan fingerprint density at radius 3 is 2.57 bits per heavy atom. The number of carbonyl (C=O) groups excluding carboxylic acids is 1.